The highest BCUT2D eigenvalue weighted by atomic mass is 79.9. The predicted octanol–water partition coefficient (Wildman–Crippen LogP) is 4.15. The molecule has 0 aliphatic rings. The van der Waals surface area contributed by atoms with Crippen molar-refractivity contribution in [2.24, 2.45) is 5.10 Å². The Balaban J connectivity index is 1.81. The number of hydrazone groups is 1. The van der Waals surface area contributed by atoms with E-state index in [2.05, 4.69) is 45.5 Å². The number of methoxy groups -OCH3 is 1. The van der Waals surface area contributed by atoms with Gasteiger partial charge in [-0.3, -0.25) is 4.79 Å². The number of thioether (sulfide) groups is 1. The van der Waals surface area contributed by atoms with Crippen LogP contribution in [0, 0.1) is 6.92 Å². The molecular formula is C18H19BrN2O2S. The number of hydrogen-bond acceptors (Lipinski definition) is 4. The zero-order chi connectivity index (χ0) is 17.4. The van der Waals surface area contributed by atoms with Gasteiger partial charge < -0.3 is 4.74 Å². The van der Waals surface area contributed by atoms with Gasteiger partial charge in [0, 0.05) is 15.8 Å². The summed E-state index contributed by atoms with van der Waals surface area (Å²) in [7, 11) is 1.60. The van der Waals surface area contributed by atoms with Gasteiger partial charge in [0.25, 0.3) is 0 Å². The molecule has 0 bridgehead atoms. The van der Waals surface area contributed by atoms with Crippen LogP contribution in [0.5, 0.6) is 5.75 Å². The van der Waals surface area contributed by atoms with Crippen LogP contribution in [-0.4, -0.2) is 25.0 Å². The third kappa shape index (κ3) is 5.69. The summed E-state index contributed by atoms with van der Waals surface area (Å²) in [6.45, 7) is 2.08. The molecule has 0 unspecified atom stereocenters. The Bertz CT molecular complexity index is 735. The van der Waals surface area contributed by atoms with E-state index >= 15 is 0 Å². The van der Waals surface area contributed by atoms with E-state index in [4.69, 9.17) is 4.74 Å². The van der Waals surface area contributed by atoms with E-state index in [9.17, 15) is 4.79 Å². The number of aryl methyl sites for hydroxylation is 1. The fourth-order valence-corrected chi connectivity index (χ4v) is 3.31. The Morgan fingerprint density at radius 3 is 2.88 bits per heavy atom. The Morgan fingerprint density at radius 2 is 2.12 bits per heavy atom. The molecule has 0 aliphatic carbocycles. The maximum Gasteiger partial charge on any atom is 0.250 e. The monoisotopic (exact) mass is 406 g/mol. The molecule has 0 atom stereocenters. The number of ether oxygens (including phenoxy) is 1. The van der Waals surface area contributed by atoms with Gasteiger partial charge in [-0.15, -0.1) is 11.8 Å². The number of rotatable bonds is 7. The molecule has 6 heteroatoms. The molecule has 2 aromatic carbocycles. The van der Waals surface area contributed by atoms with Crippen LogP contribution in [0.15, 0.2) is 52.0 Å². The topological polar surface area (TPSA) is 50.7 Å². The molecule has 0 aromatic heterocycles. The van der Waals surface area contributed by atoms with Gasteiger partial charge in [-0.2, -0.15) is 5.10 Å². The molecule has 24 heavy (non-hydrogen) atoms. The SMILES string of the molecule is COc1ccc(Br)cc1/C=N/NC(=O)CSCc1ccccc1C. The molecule has 1 N–H and O–H groups in total. The molecule has 0 spiro atoms. The van der Waals surface area contributed by atoms with Gasteiger partial charge in [0.05, 0.1) is 19.1 Å². The highest BCUT2D eigenvalue weighted by Gasteiger charge is 2.04. The van der Waals surface area contributed by atoms with Crippen molar-refractivity contribution in [3.8, 4) is 5.75 Å². The molecular weight excluding hydrogens is 388 g/mol. The first-order valence-electron chi connectivity index (χ1n) is 7.38. The minimum Gasteiger partial charge on any atom is -0.496 e. The molecule has 1 amide bonds. The molecule has 4 nitrogen and oxygen atoms in total. The highest BCUT2D eigenvalue weighted by molar-refractivity contribution is 9.10. The second-order valence-electron chi connectivity index (χ2n) is 5.10. The first-order valence-corrected chi connectivity index (χ1v) is 9.32. The van der Waals surface area contributed by atoms with Gasteiger partial charge >= 0.3 is 0 Å². The summed E-state index contributed by atoms with van der Waals surface area (Å²) in [6.07, 6.45) is 1.58. The molecule has 2 rings (SSSR count). The molecule has 2 aromatic rings. The first-order chi connectivity index (χ1) is 11.6. The molecule has 126 valence electrons. The van der Waals surface area contributed by atoms with Crippen LogP contribution in [0.25, 0.3) is 0 Å². The third-order valence-corrected chi connectivity index (χ3v) is 4.81. The van der Waals surface area contributed by atoms with Crippen LogP contribution in [0.1, 0.15) is 16.7 Å². The van der Waals surface area contributed by atoms with Crippen LogP contribution < -0.4 is 10.2 Å². The summed E-state index contributed by atoms with van der Waals surface area (Å²) >= 11 is 4.97. The second-order valence-corrected chi connectivity index (χ2v) is 7.00. The van der Waals surface area contributed by atoms with E-state index in [1.54, 1.807) is 25.1 Å². The number of halogens is 1. The van der Waals surface area contributed by atoms with Crippen LogP contribution >= 0.6 is 27.7 Å². The number of amides is 1. The smallest absolute Gasteiger partial charge is 0.250 e. The lowest BCUT2D eigenvalue weighted by atomic mass is 10.1. The summed E-state index contributed by atoms with van der Waals surface area (Å²) in [5, 5.41) is 4.00. The van der Waals surface area contributed by atoms with Gasteiger partial charge in [0.1, 0.15) is 5.75 Å². The Morgan fingerprint density at radius 1 is 1.33 bits per heavy atom. The highest BCUT2D eigenvalue weighted by Crippen LogP contribution is 2.21. The van der Waals surface area contributed by atoms with E-state index in [0.717, 1.165) is 15.8 Å². The van der Waals surface area contributed by atoms with Crippen molar-refractivity contribution in [3.05, 3.63) is 63.6 Å². The Hall–Kier alpha value is -1.79. The standard InChI is InChI=1S/C18H19BrN2O2S/c1-13-5-3-4-6-14(13)11-24-12-18(22)21-20-10-15-9-16(19)7-8-17(15)23-2/h3-10H,11-12H2,1-2H3,(H,21,22)/b20-10+. The van der Waals surface area contributed by atoms with Crippen molar-refractivity contribution in [2.75, 3.05) is 12.9 Å². The van der Waals surface area contributed by atoms with E-state index < -0.39 is 0 Å². The zero-order valence-corrected chi connectivity index (χ0v) is 16.0. The molecule has 0 saturated carbocycles. The van der Waals surface area contributed by atoms with Crippen LogP contribution in [0.2, 0.25) is 0 Å². The average molecular weight is 407 g/mol. The van der Waals surface area contributed by atoms with Crippen molar-refractivity contribution >= 4 is 39.8 Å². The number of nitrogens with one attached hydrogen (secondary N) is 1. The largest absolute Gasteiger partial charge is 0.496 e. The zero-order valence-electron chi connectivity index (χ0n) is 13.6. The van der Waals surface area contributed by atoms with Crippen molar-refractivity contribution in [1.29, 1.82) is 0 Å². The van der Waals surface area contributed by atoms with E-state index in [-0.39, 0.29) is 5.91 Å². The van der Waals surface area contributed by atoms with Crippen molar-refractivity contribution in [3.63, 3.8) is 0 Å². The molecule has 0 heterocycles. The lowest BCUT2D eigenvalue weighted by Gasteiger charge is -2.05. The van der Waals surface area contributed by atoms with Crippen LogP contribution in [0.4, 0.5) is 0 Å². The van der Waals surface area contributed by atoms with Gasteiger partial charge in [-0.1, -0.05) is 40.2 Å². The van der Waals surface area contributed by atoms with Gasteiger partial charge in [0.2, 0.25) is 5.91 Å². The van der Waals surface area contributed by atoms with Crippen LogP contribution in [0.3, 0.4) is 0 Å². The number of carbonyl (C=O) groups is 1. The summed E-state index contributed by atoms with van der Waals surface area (Å²) in [4.78, 5) is 11.8. The Labute approximate surface area is 154 Å². The van der Waals surface area contributed by atoms with Crippen molar-refractivity contribution in [2.45, 2.75) is 12.7 Å². The normalized spacial score (nSPS) is 10.8. The van der Waals surface area contributed by atoms with Crippen LogP contribution in [-0.2, 0) is 10.5 Å². The molecule has 0 fully saturated rings. The average Bonchev–Trinajstić information content (AvgIpc) is 2.57. The fraction of sp³-hybridized carbons (Fsp3) is 0.222. The summed E-state index contributed by atoms with van der Waals surface area (Å²) in [5.41, 5.74) is 5.82. The lowest BCUT2D eigenvalue weighted by molar-refractivity contribution is -0.118. The summed E-state index contributed by atoms with van der Waals surface area (Å²) in [5.74, 6) is 1.74. The minimum absolute atomic E-state index is 0.126. The maximum atomic E-state index is 11.8. The summed E-state index contributed by atoms with van der Waals surface area (Å²) < 4.78 is 6.18. The maximum absolute atomic E-state index is 11.8. The lowest BCUT2D eigenvalue weighted by Crippen LogP contribution is -2.19. The molecule has 0 aliphatic heterocycles. The van der Waals surface area contributed by atoms with Crippen molar-refractivity contribution in [1.82, 2.24) is 5.43 Å². The third-order valence-electron chi connectivity index (χ3n) is 3.34. The first kappa shape index (κ1) is 18.5. The number of nitrogens with zero attached hydrogens (tertiary/aromatic N) is 1. The second kappa shape index (κ2) is 9.49. The number of benzene rings is 2. The minimum atomic E-state index is -0.126. The Kier molecular flexibility index (Phi) is 7.34. The molecule has 0 saturated heterocycles. The summed E-state index contributed by atoms with van der Waals surface area (Å²) in [6, 6.07) is 13.8. The predicted molar refractivity (Wildman–Crippen MR) is 104 cm³/mol. The number of hydrogen-bond donors (Lipinski definition) is 1. The van der Waals surface area contributed by atoms with E-state index in [1.165, 1.54) is 11.1 Å². The number of carbonyl (C=O) groups excluding carboxylic acids is 1. The fourth-order valence-electron chi connectivity index (χ4n) is 2.04. The van der Waals surface area contributed by atoms with E-state index in [1.807, 2.05) is 30.3 Å². The molecule has 0 radical (unpaired) electrons. The van der Waals surface area contributed by atoms with Crippen molar-refractivity contribution < 1.29 is 9.53 Å². The van der Waals surface area contributed by atoms with Gasteiger partial charge in [-0.05, 0) is 36.2 Å². The van der Waals surface area contributed by atoms with Gasteiger partial charge in [0.15, 0.2) is 0 Å². The van der Waals surface area contributed by atoms with Gasteiger partial charge in [-0.25, -0.2) is 5.43 Å². The van der Waals surface area contributed by atoms with E-state index in [0.29, 0.717) is 11.5 Å². The quantitative estimate of drug-likeness (QED) is 0.554.